The molecule has 2 nitrogen and oxygen atoms in total. The number of benzene rings is 1. The second kappa shape index (κ2) is 6.82. The van der Waals surface area contributed by atoms with Gasteiger partial charge in [-0.3, -0.25) is 4.79 Å². The number of rotatable bonds is 6. The van der Waals surface area contributed by atoms with Gasteiger partial charge in [0, 0.05) is 24.4 Å². The lowest BCUT2D eigenvalue weighted by atomic mass is 10.1. The molecule has 1 aromatic rings. The Labute approximate surface area is 91.0 Å². The van der Waals surface area contributed by atoms with Gasteiger partial charge in [-0.25, -0.2) is 0 Å². The zero-order chi connectivity index (χ0) is 10.9. The number of nitrogens with one attached hydrogen (secondary N) is 1. The Bertz CT molecular complexity index is 317. The summed E-state index contributed by atoms with van der Waals surface area (Å²) in [5.41, 5.74) is 0.728. The third kappa shape index (κ3) is 4.45. The molecule has 2 heteroatoms. The topological polar surface area (TPSA) is 29.1 Å². The molecule has 0 bridgehead atoms. The second-order valence-electron chi connectivity index (χ2n) is 3.37. The highest BCUT2D eigenvalue weighted by molar-refractivity contribution is 6.04. The molecule has 0 atom stereocenters. The van der Waals surface area contributed by atoms with Crippen LogP contribution in [0.25, 0.3) is 0 Å². The van der Waals surface area contributed by atoms with Crippen LogP contribution in [0.4, 0.5) is 0 Å². The first-order valence-corrected chi connectivity index (χ1v) is 5.34. The van der Waals surface area contributed by atoms with Gasteiger partial charge in [-0.1, -0.05) is 43.7 Å². The third-order valence-electron chi connectivity index (χ3n) is 2.09. The molecule has 0 saturated carbocycles. The molecule has 0 radical (unpaired) electrons. The van der Waals surface area contributed by atoms with Crippen LogP contribution >= 0.6 is 0 Å². The summed E-state index contributed by atoms with van der Waals surface area (Å²) in [6.45, 7) is 3.07. The van der Waals surface area contributed by atoms with E-state index in [0.29, 0.717) is 0 Å². The Morgan fingerprint density at radius 2 is 2.07 bits per heavy atom. The van der Waals surface area contributed by atoms with Crippen LogP contribution in [0.5, 0.6) is 0 Å². The fraction of sp³-hybridized carbons (Fsp3) is 0.308. The minimum absolute atomic E-state index is 0.0413. The molecule has 80 valence electrons. The average molecular weight is 203 g/mol. The predicted octanol–water partition coefficient (Wildman–Crippen LogP) is 2.77. The van der Waals surface area contributed by atoms with Gasteiger partial charge in [0.1, 0.15) is 0 Å². The number of hydrogen-bond donors (Lipinski definition) is 1. The molecule has 0 spiro atoms. The van der Waals surface area contributed by atoms with Crippen molar-refractivity contribution in [2.24, 2.45) is 0 Å². The fourth-order valence-electron chi connectivity index (χ4n) is 1.20. The van der Waals surface area contributed by atoms with E-state index >= 15 is 0 Å². The average Bonchev–Trinajstić information content (AvgIpc) is 2.30. The Kier molecular flexibility index (Phi) is 5.23. The molecule has 0 aliphatic rings. The fourth-order valence-corrected chi connectivity index (χ4v) is 1.20. The van der Waals surface area contributed by atoms with E-state index in [-0.39, 0.29) is 5.78 Å². The molecular formula is C13H17NO. The van der Waals surface area contributed by atoms with Crippen molar-refractivity contribution in [3.05, 3.63) is 48.2 Å². The summed E-state index contributed by atoms with van der Waals surface area (Å²) in [7, 11) is 0. The maximum atomic E-state index is 11.6. The summed E-state index contributed by atoms with van der Waals surface area (Å²) in [5, 5.41) is 3.09. The maximum absolute atomic E-state index is 11.6. The van der Waals surface area contributed by atoms with Gasteiger partial charge in [0.25, 0.3) is 0 Å². The van der Waals surface area contributed by atoms with E-state index in [2.05, 4.69) is 12.2 Å². The number of unbranched alkanes of at least 4 members (excludes halogenated alkanes) is 1. The van der Waals surface area contributed by atoms with Crippen LogP contribution in [0.15, 0.2) is 42.6 Å². The van der Waals surface area contributed by atoms with Crippen molar-refractivity contribution in [3.8, 4) is 0 Å². The Balaban J connectivity index is 2.36. The van der Waals surface area contributed by atoms with Crippen LogP contribution in [0, 0.1) is 0 Å². The minimum Gasteiger partial charge on any atom is -0.391 e. The van der Waals surface area contributed by atoms with Crippen molar-refractivity contribution in [2.45, 2.75) is 19.8 Å². The smallest absolute Gasteiger partial charge is 0.187 e. The van der Waals surface area contributed by atoms with Gasteiger partial charge >= 0.3 is 0 Å². The normalized spacial score (nSPS) is 10.5. The summed E-state index contributed by atoms with van der Waals surface area (Å²) in [6, 6.07) is 9.27. The quantitative estimate of drug-likeness (QED) is 0.437. The van der Waals surface area contributed by atoms with Crippen LogP contribution in [0.1, 0.15) is 30.1 Å². The van der Waals surface area contributed by atoms with Gasteiger partial charge in [0.05, 0.1) is 0 Å². The number of carbonyl (C=O) groups is 1. The number of carbonyl (C=O) groups excluding carboxylic acids is 1. The molecule has 0 aliphatic heterocycles. The molecule has 0 amide bonds. The molecule has 0 saturated heterocycles. The summed E-state index contributed by atoms with van der Waals surface area (Å²) in [6.07, 6.45) is 5.59. The number of allylic oxidation sites excluding steroid dienone is 1. The highest BCUT2D eigenvalue weighted by Crippen LogP contribution is 2.00. The predicted molar refractivity (Wildman–Crippen MR) is 62.8 cm³/mol. The van der Waals surface area contributed by atoms with E-state index in [4.69, 9.17) is 0 Å². The van der Waals surface area contributed by atoms with Crippen molar-refractivity contribution in [1.82, 2.24) is 5.32 Å². The van der Waals surface area contributed by atoms with Crippen molar-refractivity contribution in [2.75, 3.05) is 6.54 Å². The van der Waals surface area contributed by atoms with E-state index in [1.807, 2.05) is 30.3 Å². The van der Waals surface area contributed by atoms with Gasteiger partial charge in [0.2, 0.25) is 0 Å². The lowest BCUT2D eigenvalue weighted by Gasteiger charge is -1.97. The van der Waals surface area contributed by atoms with E-state index < -0.39 is 0 Å². The molecule has 15 heavy (non-hydrogen) atoms. The second-order valence-corrected chi connectivity index (χ2v) is 3.37. The molecule has 0 heterocycles. The molecule has 0 unspecified atom stereocenters. The van der Waals surface area contributed by atoms with E-state index in [9.17, 15) is 4.79 Å². The van der Waals surface area contributed by atoms with E-state index in [0.717, 1.165) is 24.9 Å². The highest BCUT2D eigenvalue weighted by Gasteiger charge is 1.97. The third-order valence-corrected chi connectivity index (χ3v) is 2.09. The van der Waals surface area contributed by atoms with Gasteiger partial charge in [-0.05, 0) is 6.42 Å². The van der Waals surface area contributed by atoms with Gasteiger partial charge < -0.3 is 5.32 Å². The maximum Gasteiger partial charge on any atom is 0.187 e. The largest absolute Gasteiger partial charge is 0.391 e. The molecule has 1 aromatic carbocycles. The Morgan fingerprint density at radius 1 is 1.33 bits per heavy atom. The number of hydrogen-bond acceptors (Lipinski definition) is 2. The van der Waals surface area contributed by atoms with Crippen LogP contribution in [-0.2, 0) is 0 Å². The zero-order valence-corrected chi connectivity index (χ0v) is 9.07. The first-order chi connectivity index (χ1) is 7.34. The highest BCUT2D eigenvalue weighted by atomic mass is 16.1. The van der Waals surface area contributed by atoms with E-state index in [1.54, 1.807) is 12.3 Å². The van der Waals surface area contributed by atoms with Crippen LogP contribution < -0.4 is 5.32 Å². The van der Waals surface area contributed by atoms with Crippen molar-refractivity contribution in [1.29, 1.82) is 0 Å². The Hall–Kier alpha value is -1.57. The lowest BCUT2D eigenvalue weighted by Crippen LogP contribution is -2.07. The van der Waals surface area contributed by atoms with Crippen molar-refractivity contribution in [3.63, 3.8) is 0 Å². The molecular weight excluding hydrogens is 186 g/mol. The monoisotopic (exact) mass is 203 g/mol. The van der Waals surface area contributed by atoms with Gasteiger partial charge in [-0.15, -0.1) is 0 Å². The molecule has 0 aromatic heterocycles. The minimum atomic E-state index is 0.0413. The van der Waals surface area contributed by atoms with Crippen molar-refractivity contribution >= 4 is 5.78 Å². The molecule has 1 rings (SSSR count). The van der Waals surface area contributed by atoms with Crippen LogP contribution in [-0.4, -0.2) is 12.3 Å². The molecule has 1 N–H and O–H groups in total. The van der Waals surface area contributed by atoms with Gasteiger partial charge in [-0.2, -0.15) is 0 Å². The number of ketones is 1. The first kappa shape index (κ1) is 11.5. The van der Waals surface area contributed by atoms with Gasteiger partial charge in [0.15, 0.2) is 5.78 Å². The Morgan fingerprint density at radius 3 is 2.73 bits per heavy atom. The summed E-state index contributed by atoms with van der Waals surface area (Å²) in [4.78, 5) is 11.6. The first-order valence-electron chi connectivity index (χ1n) is 5.34. The SMILES string of the molecule is CCCCN/C=C\C(=O)c1ccccc1. The summed E-state index contributed by atoms with van der Waals surface area (Å²) < 4.78 is 0. The summed E-state index contributed by atoms with van der Waals surface area (Å²) in [5.74, 6) is 0.0413. The standard InChI is InChI=1S/C13H17NO/c1-2-3-10-14-11-9-13(15)12-7-5-4-6-8-12/h4-9,11,14H,2-3,10H2,1H3/b11-9-. The molecule has 0 fully saturated rings. The lowest BCUT2D eigenvalue weighted by molar-refractivity contribution is 0.104. The van der Waals surface area contributed by atoms with Crippen molar-refractivity contribution < 1.29 is 4.79 Å². The van der Waals surface area contributed by atoms with Crippen LogP contribution in [0.2, 0.25) is 0 Å². The van der Waals surface area contributed by atoms with Crippen LogP contribution in [0.3, 0.4) is 0 Å². The summed E-state index contributed by atoms with van der Waals surface area (Å²) >= 11 is 0. The van der Waals surface area contributed by atoms with E-state index in [1.165, 1.54) is 0 Å². The zero-order valence-electron chi connectivity index (χ0n) is 9.07. The molecule has 0 aliphatic carbocycles.